The third-order valence-electron chi connectivity index (χ3n) is 5.22. The molecular formula is C15H18N2O3. The second-order valence-corrected chi connectivity index (χ2v) is 6.04. The first-order chi connectivity index (χ1) is 9.81. The molecule has 1 saturated heterocycles. The molecule has 0 aromatic carbocycles. The molecule has 1 aromatic heterocycles. The molecule has 4 rings (SSSR count). The Morgan fingerprint density at radius 3 is 2.60 bits per heavy atom. The Morgan fingerprint density at radius 2 is 1.80 bits per heavy atom. The monoisotopic (exact) mass is 274 g/mol. The van der Waals surface area contributed by atoms with Crippen LogP contribution < -0.4 is 0 Å². The molecule has 20 heavy (non-hydrogen) atoms. The van der Waals surface area contributed by atoms with Gasteiger partial charge in [-0.15, -0.1) is 0 Å². The van der Waals surface area contributed by atoms with E-state index in [0.717, 1.165) is 56.2 Å². The van der Waals surface area contributed by atoms with Crippen molar-refractivity contribution in [1.29, 1.82) is 5.26 Å². The average molecular weight is 274 g/mol. The summed E-state index contributed by atoms with van der Waals surface area (Å²) in [5, 5.41) is 13.4. The fourth-order valence-corrected chi connectivity index (χ4v) is 4.39. The maximum atomic E-state index is 9.18. The molecule has 0 amide bonds. The Labute approximate surface area is 117 Å². The van der Waals surface area contributed by atoms with Gasteiger partial charge in [0.1, 0.15) is 6.07 Å². The summed E-state index contributed by atoms with van der Waals surface area (Å²) >= 11 is 0. The lowest BCUT2D eigenvalue weighted by Gasteiger charge is -2.50. The number of fused-ring (bicyclic) bond motifs is 3. The van der Waals surface area contributed by atoms with Crippen molar-refractivity contribution in [2.45, 2.75) is 56.1 Å². The summed E-state index contributed by atoms with van der Waals surface area (Å²) in [6.07, 6.45) is 7.13. The van der Waals surface area contributed by atoms with Gasteiger partial charge in [0.2, 0.25) is 5.76 Å². The van der Waals surface area contributed by atoms with Crippen molar-refractivity contribution in [2.75, 3.05) is 13.2 Å². The molecule has 1 aromatic rings. The van der Waals surface area contributed by atoms with Crippen LogP contribution in [0, 0.1) is 11.3 Å². The van der Waals surface area contributed by atoms with Crippen LogP contribution in [0.5, 0.6) is 0 Å². The number of ether oxygens (including phenoxy) is 2. The summed E-state index contributed by atoms with van der Waals surface area (Å²) in [6.45, 7) is 1.31. The zero-order valence-corrected chi connectivity index (χ0v) is 11.5. The minimum absolute atomic E-state index is 0.214. The SMILES string of the molecule is N#Cc1onc2c1CCC[C@@]21CCCCC12OCCO2. The van der Waals surface area contributed by atoms with Crippen LogP contribution in [-0.2, 0) is 21.3 Å². The highest BCUT2D eigenvalue weighted by Gasteiger charge is 2.60. The molecule has 2 heterocycles. The van der Waals surface area contributed by atoms with E-state index in [1.54, 1.807) is 0 Å². The Kier molecular flexibility index (Phi) is 2.66. The average Bonchev–Trinajstić information content (AvgIpc) is 3.11. The van der Waals surface area contributed by atoms with E-state index < -0.39 is 5.79 Å². The quantitative estimate of drug-likeness (QED) is 0.726. The van der Waals surface area contributed by atoms with Crippen molar-refractivity contribution in [3.8, 4) is 6.07 Å². The fraction of sp³-hybridized carbons (Fsp3) is 0.733. The molecule has 1 saturated carbocycles. The van der Waals surface area contributed by atoms with E-state index in [-0.39, 0.29) is 5.41 Å². The highest BCUT2D eigenvalue weighted by Crippen LogP contribution is 2.56. The van der Waals surface area contributed by atoms with Gasteiger partial charge in [0.15, 0.2) is 5.79 Å². The molecule has 3 aliphatic rings. The molecule has 0 N–H and O–H groups in total. The minimum Gasteiger partial charge on any atom is -0.347 e. The van der Waals surface area contributed by atoms with Crippen molar-refractivity contribution in [3.05, 3.63) is 17.0 Å². The number of nitrogens with zero attached hydrogens (tertiary/aromatic N) is 2. The molecule has 1 aliphatic heterocycles. The van der Waals surface area contributed by atoms with Crippen LogP contribution in [0.4, 0.5) is 0 Å². The third kappa shape index (κ3) is 1.41. The van der Waals surface area contributed by atoms with Crippen LogP contribution in [0.1, 0.15) is 55.5 Å². The van der Waals surface area contributed by atoms with Gasteiger partial charge in [0.05, 0.1) is 24.3 Å². The van der Waals surface area contributed by atoms with Crippen LogP contribution in [0.3, 0.4) is 0 Å². The van der Waals surface area contributed by atoms with Gasteiger partial charge in [-0.3, -0.25) is 0 Å². The Hall–Kier alpha value is -1.38. The number of nitriles is 1. The lowest BCUT2D eigenvalue weighted by Crippen LogP contribution is -2.56. The van der Waals surface area contributed by atoms with Crippen LogP contribution in [0.25, 0.3) is 0 Å². The zero-order valence-electron chi connectivity index (χ0n) is 11.5. The standard InChI is InChI=1S/C15H18N2O3/c16-10-12-11-4-3-6-14(13(11)17-20-12)5-1-2-7-15(14)18-8-9-19-15/h1-9H2/t14-/m0/s1. The predicted molar refractivity (Wildman–Crippen MR) is 68.9 cm³/mol. The van der Waals surface area contributed by atoms with E-state index in [1.165, 1.54) is 0 Å². The zero-order chi connectivity index (χ0) is 13.6. The summed E-state index contributed by atoms with van der Waals surface area (Å²) in [5.41, 5.74) is 1.70. The molecule has 2 aliphatic carbocycles. The Morgan fingerprint density at radius 1 is 1.05 bits per heavy atom. The smallest absolute Gasteiger partial charge is 0.239 e. The first-order valence-corrected chi connectivity index (χ1v) is 7.48. The summed E-state index contributed by atoms with van der Waals surface area (Å²) in [6, 6.07) is 2.13. The highest BCUT2D eigenvalue weighted by atomic mass is 16.7. The topological polar surface area (TPSA) is 68.3 Å². The summed E-state index contributed by atoms with van der Waals surface area (Å²) in [7, 11) is 0. The molecular weight excluding hydrogens is 256 g/mol. The molecule has 106 valence electrons. The van der Waals surface area contributed by atoms with Crippen molar-refractivity contribution < 1.29 is 14.0 Å². The van der Waals surface area contributed by atoms with E-state index >= 15 is 0 Å². The molecule has 2 spiro atoms. The Bertz CT molecular complexity index is 568. The van der Waals surface area contributed by atoms with Crippen molar-refractivity contribution in [3.63, 3.8) is 0 Å². The molecule has 0 unspecified atom stereocenters. The van der Waals surface area contributed by atoms with E-state index in [9.17, 15) is 5.26 Å². The first-order valence-electron chi connectivity index (χ1n) is 7.48. The van der Waals surface area contributed by atoms with Crippen molar-refractivity contribution in [2.24, 2.45) is 0 Å². The van der Waals surface area contributed by atoms with Crippen LogP contribution in [0.15, 0.2) is 4.52 Å². The maximum Gasteiger partial charge on any atom is 0.239 e. The summed E-state index contributed by atoms with van der Waals surface area (Å²) in [5.74, 6) is -0.165. The van der Waals surface area contributed by atoms with E-state index in [4.69, 9.17) is 14.0 Å². The van der Waals surface area contributed by atoms with Gasteiger partial charge in [-0.1, -0.05) is 11.6 Å². The van der Waals surface area contributed by atoms with Gasteiger partial charge in [0, 0.05) is 12.0 Å². The van der Waals surface area contributed by atoms with E-state index in [0.29, 0.717) is 19.0 Å². The second-order valence-electron chi connectivity index (χ2n) is 6.04. The summed E-state index contributed by atoms with van der Waals surface area (Å²) in [4.78, 5) is 0. The van der Waals surface area contributed by atoms with Gasteiger partial charge in [-0.25, -0.2) is 0 Å². The van der Waals surface area contributed by atoms with E-state index in [1.807, 2.05) is 0 Å². The fourth-order valence-electron chi connectivity index (χ4n) is 4.39. The van der Waals surface area contributed by atoms with Gasteiger partial charge in [0.25, 0.3) is 0 Å². The van der Waals surface area contributed by atoms with Crippen LogP contribution in [0.2, 0.25) is 0 Å². The maximum absolute atomic E-state index is 9.18. The number of hydrogen-bond donors (Lipinski definition) is 0. The highest BCUT2D eigenvalue weighted by molar-refractivity contribution is 5.40. The first kappa shape index (κ1) is 12.4. The molecule has 1 atom stereocenters. The van der Waals surface area contributed by atoms with Gasteiger partial charge >= 0.3 is 0 Å². The lowest BCUT2D eigenvalue weighted by molar-refractivity contribution is -0.231. The number of hydrogen-bond acceptors (Lipinski definition) is 5. The van der Waals surface area contributed by atoms with Crippen LogP contribution >= 0.6 is 0 Å². The normalized spacial score (nSPS) is 31.4. The van der Waals surface area contributed by atoms with Crippen molar-refractivity contribution >= 4 is 0 Å². The number of rotatable bonds is 0. The Balaban J connectivity index is 1.88. The van der Waals surface area contributed by atoms with Crippen molar-refractivity contribution in [1.82, 2.24) is 5.16 Å². The number of aromatic nitrogens is 1. The largest absolute Gasteiger partial charge is 0.347 e. The van der Waals surface area contributed by atoms with Gasteiger partial charge < -0.3 is 14.0 Å². The van der Waals surface area contributed by atoms with E-state index in [2.05, 4.69) is 11.2 Å². The summed E-state index contributed by atoms with van der Waals surface area (Å²) < 4.78 is 17.5. The van der Waals surface area contributed by atoms with Gasteiger partial charge in [-0.2, -0.15) is 5.26 Å². The van der Waals surface area contributed by atoms with Gasteiger partial charge in [-0.05, 0) is 32.1 Å². The predicted octanol–water partition coefficient (Wildman–Crippen LogP) is 2.44. The molecule has 5 heteroatoms. The third-order valence-corrected chi connectivity index (χ3v) is 5.22. The van der Waals surface area contributed by atoms with Crippen LogP contribution in [-0.4, -0.2) is 24.2 Å². The lowest BCUT2D eigenvalue weighted by atomic mass is 9.61. The molecule has 0 bridgehead atoms. The molecule has 0 radical (unpaired) electrons. The molecule has 5 nitrogen and oxygen atoms in total. The minimum atomic E-state index is -0.538. The molecule has 2 fully saturated rings. The second kappa shape index (κ2) is 4.31.